The minimum Gasteiger partial charge on any atom is -0.0622 e. The van der Waals surface area contributed by atoms with Gasteiger partial charge in [-0.2, -0.15) is 0 Å². The summed E-state index contributed by atoms with van der Waals surface area (Å²) in [5.41, 5.74) is 13.2. The zero-order valence-electron chi connectivity index (χ0n) is 17.6. The summed E-state index contributed by atoms with van der Waals surface area (Å²) in [5, 5.41) is 0. The molecule has 1 aliphatic carbocycles. The third kappa shape index (κ3) is 2.52. The van der Waals surface area contributed by atoms with Crippen LogP contribution in [0.3, 0.4) is 0 Å². The number of benzene rings is 4. The second-order valence-corrected chi connectivity index (χ2v) is 8.53. The molecule has 0 atom stereocenters. The highest BCUT2D eigenvalue weighted by Gasteiger charge is 2.46. The Morgan fingerprint density at radius 2 is 0.966 bits per heavy atom. The lowest BCUT2D eigenvalue weighted by Crippen LogP contribution is -2.30. The highest BCUT2D eigenvalue weighted by Crippen LogP contribution is 2.57. The third-order valence-corrected chi connectivity index (χ3v) is 6.45. The van der Waals surface area contributed by atoms with E-state index < -0.39 is 0 Å². The van der Waals surface area contributed by atoms with Crippen LogP contribution in [0.15, 0.2) is 84.9 Å². The van der Waals surface area contributed by atoms with E-state index in [0.29, 0.717) is 0 Å². The molecule has 29 heavy (non-hydrogen) atoms. The Bertz CT molecular complexity index is 1180. The van der Waals surface area contributed by atoms with Crippen LogP contribution in [-0.2, 0) is 5.41 Å². The van der Waals surface area contributed by atoms with Crippen LogP contribution in [-0.4, -0.2) is 0 Å². The first kappa shape index (κ1) is 17.9. The Morgan fingerprint density at radius 1 is 0.483 bits per heavy atom. The van der Waals surface area contributed by atoms with Crippen molar-refractivity contribution in [2.75, 3.05) is 0 Å². The molecule has 0 unspecified atom stereocenters. The van der Waals surface area contributed by atoms with Gasteiger partial charge in [0.2, 0.25) is 0 Å². The number of aryl methyl sites for hydroxylation is 4. The summed E-state index contributed by atoms with van der Waals surface area (Å²) in [7, 11) is 0. The van der Waals surface area contributed by atoms with E-state index in [2.05, 4.69) is 113 Å². The van der Waals surface area contributed by atoms with Crippen molar-refractivity contribution in [3.05, 3.63) is 129 Å². The lowest BCUT2D eigenvalue weighted by atomic mass is 9.66. The lowest BCUT2D eigenvalue weighted by Gasteiger charge is -2.35. The van der Waals surface area contributed by atoms with Gasteiger partial charge in [0.15, 0.2) is 0 Å². The summed E-state index contributed by atoms with van der Waals surface area (Å²) in [6.07, 6.45) is 0. The topological polar surface area (TPSA) is 0 Å². The minimum absolute atomic E-state index is 0.292. The number of hydrogen-bond acceptors (Lipinski definition) is 0. The number of rotatable bonds is 2. The molecule has 0 spiro atoms. The second kappa shape index (κ2) is 6.46. The van der Waals surface area contributed by atoms with Gasteiger partial charge < -0.3 is 0 Å². The smallest absolute Gasteiger partial charge is 0.0622 e. The molecule has 0 heterocycles. The van der Waals surface area contributed by atoms with Crippen LogP contribution < -0.4 is 0 Å². The van der Waals surface area contributed by atoms with Crippen LogP contribution in [0.2, 0.25) is 0 Å². The molecule has 0 fully saturated rings. The van der Waals surface area contributed by atoms with Crippen molar-refractivity contribution in [1.82, 2.24) is 0 Å². The van der Waals surface area contributed by atoms with Gasteiger partial charge in [-0.05, 0) is 66.6 Å². The van der Waals surface area contributed by atoms with Gasteiger partial charge in [0.25, 0.3) is 0 Å². The molecule has 0 heteroatoms. The fourth-order valence-corrected chi connectivity index (χ4v) is 5.14. The van der Waals surface area contributed by atoms with Gasteiger partial charge in [-0.25, -0.2) is 0 Å². The first-order valence-corrected chi connectivity index (χ1v) is 10.4. The molecule has 4 aromatic rings. The highest BCUT2D eigenvalue weighted by molar-refractivity contribution is 5.87. The van der Waals surface area contributed by atoms with Crippen molar-refractivity contribution in [1.29, 1.82) is 0 Å². The minimum atomic E-state index is -0.292. The molecule has 0 bridgehead atoms. The standard InChI is InChI=1S/C29H26/c1-19-10-13-22(4)26(16-19)29(23-8-6-5-7-9-23)27-17-20(2)11-14-24(27)25-15-12-21(3)18-28(25)29/h5-18H,1-4H3. The monoisotopic (exact) mass is 374 g/mol. The van der Waals surface area contributed by atoms with E-state index in [0.717, 1.165) is 0 Å². The van der Waals surface area contributed by atoms with Gasteiger partial charge in [0.05, 0.1) is 5.41 Å². The molecule has 1 aliphatic rings. The Morgan fingerprint density at radius 3 is 1.52 bits per heavy atom. The van der Waals surface area contributed by atoms with E-state index in [1.54, 1.807) is 0 Å². The Labute approximate surface area is 173 Å². The van der Waals surface area contributed by atoms with Crippen LogP contribution in [0.5, 0.6) is 0 Å². The van der Waals surface area contributed by atoms with Crippen LogP contribution in [0.25, 0.3) is 11.1 Å². The van der Waals surface area contributed by atoms with Crippen molar-refractivity contribution in [2.24, 2.45) is 0 Å². The third-order valence-electron chi connectivity index (χ3n) is 6.45. The van der Waals surface area contributed by atoms with Gasteiger partial charge in [-0.3, -0.25) is 0 Å². The fourth-order valence-electron chi connectivity index (χ4n) is 5.14. The van der Waals surface area contributed by atoms with Crippen LogP contribution in [0, 0.1) is 27.7 Å². The molecule has 0 radical (unpaired) electrons. The summed E-state index contributed by atoms with van der Waals surface area (Å²) in [4.78, 5) is 0. The maximum absolute atomic E-state index is 2.40. The quantitative estimate of drug-likeness (QED) is 0.304. The summed E-state index contributed by atoms with van der Waals surface area (Å²) < 4.78 is 0. The van der Waals surface area contributed by atoms with Crippen molar-refractivity contribution in [2.45, 2.75) is 33.1 Å². The summed E-state index contributed by atoms with van der Waals surface area (Å²) in [5.74, 6) is 0. The fraction of sp³-hybridized carbons (Fsp3) is 0.172. The molecule has 5 rings (SSSR count). The van der Waals surface area contributed by atoms with Gasteiger partial charge >= 0.3 is 0 Å². The maximum Gasteiger partial charge on any atom is 0.0716 e. The van der Waals surface area contributed by atoms with E-state index >= 15 is 0 Å². The van der Waals surface area contributed by atoms with Crippen LogP contribution >= 0.6 is 0 Å². The van der Waals surface area contributed by atoms with Crippen molar-refractivity contribution in [3.63, 3.8) is 0 Å². The SMILES string of the molecule is Cc1ccc(C)c(C2(c3ccccc3)c3cc(C)ccc3-c3ccc(C)cc32)c1. The molecule has 0 amide bonds. The van der Waals surface area contributed by atoms with E-state index in [1.165, 1.54) is 55.6 Å². The van der Waals surface area contributed by atoms with E-state index in [1.807, 2.05) is 0 Å². The normalized spacial score (nSPS) is 13.8. The first-order chi connectivity index (χ1) is 14.0. The van der Waals surface area contributed by atoms with Gasteiger partial charge in [-0.1, -0.05) is 102 Å². The van der Waals surface area contributed by atoms with Gasteiger partial charge in [0.1, 0.15) is 0 Å². The Kier molecular flexibility index (Phi) is 3.99. The summed E-state index contributed by atoms with van der Waals surface area (Å²) in [6.45, 7) is 8.86. The maximum atomic E-state index is 2.40. The summed E-state index contributed by atoms with van der Waals surface area (Å²) >= 11 is 0. The second-order valence-electron chi connectivity index (χ2n) is 8.53. The largest absolute Gasteiger partial charge is 0.0716 e. The highest BCUT2D eigenvalue weighted by atomic mass is 14.5. The van der Waals surface area contributed by atoms with Crippen LogP contribution in [0.1, 0.15) is 44.5 Å². The van der Waals surface area contributed by atoms with Crippen LogP contribution in [0.4, 0.5) is 0 Å². The van der Waals surface area contributed by atoms with E-state index in [4.69, 9.17) is 0 Å². The predicted octanol–water partition coefficient (Wildman–Crippen LogP) is 7.28. The summed E-state index contributed by atoms with van der Waals surface area (Å²) in [6, 6.07) is 31.9. The Balaban J connectivity index is 2.03. The molecule has 0 saturated heterocycles. The number of fused-ring (bicyclic) bond motifs is 3. The average molecular weight is 375 g/mol. The zero-order chi connectivity index (χ0) is 20.2. The van der Waals surface area contributed by atoms with Gasteiger partial charge in [0, 0.05) is 0 Å². The average Bonchev–Trinajstić information content (AvgIpc) is 3.00. The zero-order valence-corrected chi connectivity index (χ0v) is 17.6. The molecule has 0 N–H and O–H groups in total. The molecule has 4 aromatic carbocycles. The van der Waals surface area contributed by atoms with Crippen molar-refractivity contribution in [3.8, 4) is 11.1 Å². The molecule has 142 valence electrons. The number of hydrogen-bond donors (Lipinski definition) is 0. The first-order valence-electron chi connectivity index (χ1n) is 10.4. The van der Waals surface area contributed by atoms with Gasteiger partial charge in [-0.15, -0.1) is 0 Å². The molecule has 0 aromatic heterocycles. The molecular weight excluding hydrogens is 348 g/mol. The molecular formula is C29H26. The predicted molar refractivity (Wildman–Crippen MR) is 123 cm³/mol. The van der Waals surface area contributed by atoms with Crippen molar-refractivity contribution >= 4 is 0 Å². The molecule has 0 nitrogen and oxygen atoms in total. The molecule has 0 saturated carbocycles. The van der Waals surface area contributed by atoms with Crippen molar-refractivity contribution < 1.29 is 0 Å². The molecule has 0 aliphatic heterocycles. The lowest BCUT2D eigenvalue weighted by molar-refractivity contribution is 0.758. The van der Waals surface area contributed by atoms with E-state index in [-0.39, 0.29) is 5.41 Å². The van der Waals surface area contributed by atoms with E-state index in [9.17, 15) is 0 Å². The Hall–Kier alpha value is -3.12.